The van der Waals surface area contributed by atoms with Gasteiger partial charge in [0.25, 0.3) is 0 Å². The minimum absolute atomic E-state index is 0.0964. The van der Waals surface area contributed by atoms with Gasteiger partial charge in [-0.3, -0.25) is 0 Å². The third-order valence-electron chi connectivity index (χ3n) is 4.29. The van der Waals surface area contributed by atoms with Crippen LogP contribution in [-0.2, 0) is 16.9 Å². The van der Waals surface area contributed by atoms with E-state index in [0.29, 0.717) is 10.8 Å². The second-order valence-corrected chi connectivity index (χ2v) is 7.99. The van der Waals surface area contributed by atoms with Crippen LogP contribution in [0.2, 0.25) is 0 Å². The fourth-order valence-electron chi connectivity index (χ4n) is 3.15. The van der Waals surface area contributed by atoms with E-state index in [-0.39, 0.29) is 10.8 Å². The fraction of sp³-hybridized carbons (Fsp3) is 0.263. The fourth-order valence-corrected chi connectivity index (χ4v) is 4.96. The van der Waals surface area contributed by atoms with Crippen LogP contribution in [0.15, 0.2) is 58.5 Å². The minimum Gasteiger partial charge on any atom is -0.497 e. The van der Waals surface area contributed by atoms with Gasteiger partial charge in [0.15, 0.2) is 0 Å². The van der Waals surface area contributed by atoms with Gasteiger partial charge in [0.1, 0.15) is 10.8 Å². The molecule has 0 N–H and O–H groups in total. The Morgan fingerprint density at radius 3 is 2.21 bits per heavy atom. The number of aryl methyl sites for hydroxylation is 1. The van der Waals surface area contributed by atoms with Crippen molar-refractivity contribution in [2.45, 2.75) is 29.7 Å². The zero-order valence-electron chi connectivity index (χ0n) is 14.3. The first-order chi connectivity index (χ1) is 11.4. The summed E-state index contributed by atoms with van der Waals surface area (Å²) in [4.78, 5) is 0.274. The molecule has 0 aliphatic rings. The van der Waals surface area contributed by atoms with Gasteiger partial charge in [0.2, 0.25) is 9.84 Å². The van der Waals surface area contributed by atoms with E-state index < -0.39 is 9.84 Å². The normalized spacial score (nSPS) is 12.0. The highest BCUT2D eigenvalue weighted by Crippen LogP contribution is 2.37. The van der Waals surface area contributed by atoms with Crippen LogP contribution in [0.25, 0.3) is 10.9 Å². The topological polar surface area (TPSA) is 48.3 Å². The molecule has 3 aromatic rings. The van der Waals surface area contributed by atoms with Crippen LogP contribution in [0, 0.1) is 0 Å². The van der Waals surface area contributed by atoms with E-state index in [9.17, 15) is 8.42 Å². The molecular weight excluding hydrogens is 322 g/mol. The lowest BCUT2D eigenvalue weighted by molar-refractivity contribution is 0.414. The van der Waals surface area contributed by atoms with Crippen molar-refractivity contribution in [3.8, 4) is 5.75 Å². The average Bonchev–Trinajstić information content (AvgIpc) is 2.89. The van der Waals surface area contributed by atoms with E-state index in [4.69, 9.17) is 4.74 Å². The Morgan fingerprint density at radius 1 is 1.00 bits per heavy atom. The van der Waals surface area contributed by atoms with Gasteiger partial charge in [0.05, 0.1) is 12.0 Å². The molecule has 1 heterocycles. The van der Waals surface area contributed by atoms with Gasteiger partial charge in [-0.25, -0.2) is 8.42 Å². The Kier molecular flexibility index (Phi) is 4.13. The average molecular weight is 343 g/mol. The number of benzene rings is 2. The summed E-state index contributed by atoms with van der Waals surface area (Å²) >= 11 is 0. The Morgan fingerprint density at radius 2 is 1.62 bits per heavy atom. The van der Waals surface area contributed by atoms with E-state index in [1.165, 1.54) is 0 Å². The molecule has 0 radical (unpaired) electrons. The van der Waals surface area contributed by atoms with Gasteiger partial charge in [0, 0.05) is 18.0 Å². The van der Waals surface area contributed by atoms with E-state index in [0.717, 1.165) is 16.5 Å². The van der Waals surface area contributed by atoms with Crippen molar-refractivity contribution >= 4 is 20.7 Å². The van der Waals surface area contributed by atoms with Gasteiger partial charge in [-0.1, -0.05) is 32.0 Å². The minimum atomic E-state index is -3.62. The maximum atomic E-state index is 13.3. The molecule has 0 bridgehead atoms. The number of nitrogens with zero attached hydrogens (tertiary/aromatic N) is 1. The number of hydrogen-bond donors (Lipinski definition) is 0. The summed E-state index contributed by atoms with van der Waals surface area (Å²) in [6, 6.07) is 14.3. The molecule has 2 aromatic carbocycles. The maximum absolute atomic E-state index is 13.3. The van der Waals surface area contributed by atoms with Crippen molar-refractivity contribution < 1.29 is 13.2 Å². The van der Waals surface area contributed by atoms with Crippen molar-refractivity contribution in [2.24, 2.45) is 7.05 Å². The molecule has 0 unspecified atom stereocenters. The zero-order chi connectivity index (χ0) is 17.5. The van der Waals surface area contributed by atoms with Crippen molar-refractivity contribution in [1.29, 1.82) is 0 Å². The van der Waals surface area contributed by atoms with Crippen LogP contribution in [0.3, 0.4) is 0 Å². The predicted octanol–water partition coefficient (Wildman–Crippen LogP) is 4.14. The third kappa shape index (κ3) is 2.49. The summed E-state index contributed by atoms with van der Waals surface area (Å²) in [6.45, 7) is 4.05. The highest BCUT2D eigenvalue weighted by molar-refractivity contribution is 7.91. The molecule has 0 fully saturated rings. The maximum Gasteiger partial charge on any atom is 0.222 e. The van der Waals surface area contributed by atoms with Gasteiger partial charge in [-0.2, -0.15) is 0 Å². The summed E-state index contributed by atoms with van der Waals surface area (Å²) in [5.74, 6) is 0.731. The van der Waals surface area contributed by atoms with E-state index in [1.54, 1.807) is 35.9 Å². The molecule has 4 nitrogen and oxygen atoms in total. The molecule has 5 heteroatoms. The molecular formula is C19H21NO3S. The Bertz CT molecular complexity index is 983. The van der Waals surface area contributed by atoms with Crippen LogP contribution < -0.4 is 4.74 Å². The number of para-hydroxylation sites is 1. The van der Waals surface area contributed by atoms with Crippen LogP contribution in [0.1, 0.15) is 25.3 Å². The molecule has 0 aliphatic heterocycles. The SMILES string of the molecule is COc1ccc(S(=O)(=O)c2c(C(C)C)c3ccccc3n2C)cc1. The van der Waals surface area contributed by atoms with Crippen molar-refractivity contribution in [3.63, 3.8) is 0 Å². The molecule has 3 rings (SSSR count). The summed E-state index contributed by atoms with van der Waals surface area (Å²) in [6.07, 6.45) is 0. The quantitative estimate of drug-likeness (QED) is 0.715. The van der Waals surface area contributed by atoms with Gasteiger partial charge >= 0.3 is 0 Å². The second-order valence-electron chi connectivity index (χ2n) is 6.13. The summed E-state index contributed by atoms with van der Waals surface area (Å²) in [7, 11) is -0.255. The number of hydrogen-bond acceptors (Lipinski definition) is 3. The third-order valence-corrected chi connectivity index (χ3v) is 6.19. The van der Waals surface area contributed by atoms with Crippen LogP contribution in [0.5, 0.6) is 5.75 Å². The molecule has 0 amide bonds. The lowest BCUT2D eigenvalue weighted by Crippen LogP contribution is -2.10. The van der Waals surface area contributed by atoms with Crippen molar-refractivity contribution in [2.75, 3.05) is 7.11 Å². The molecule has 0 saturated heterocycles. The molecule has 126 valence electrons. The van der Waals surface area contributed by atoms with Crippen molar-refractivity contribution in [1.82, 2.24) is 4.57 Å². The summed E-state index contributed by atoms with van der Waals surface area (Å²) in [5.41, 5.74) is 1.79. The molecule has 0 saturated carbocycles. The second kappa shape index (κ2) is 5.98. The molecule has 1 aromatic heterocycles. The predicted molar refractivity (Wildman–Crippen MR) is 95.5 cm³/mol. The molecule has 0 spiro atoms. The summed E-state index contributed by atoms with van der Waals surface area (Å²) in [5, 5.41) is 1.35. The molecule has 0 aliphatic carbocycles. The smallest absolute Gasteiger partial charge is 0.222 e. The molecule has 24 heavy (non-hydrogen) atoms. The summed E-state index contributed by atoms with van der Waals surface area (Å²) < 4.78 is 33.5. The number of aromatic nitrogens is 1. The Hall–Kier alpha value is -2.27. The van der Waals surface area contributed by atoms with Crippen LogP contribution in [-0.4, -0.2) is 20.1 Å². The Balaban J connectivity index is 2.31. The van der Waals surface area contributed by atoms with Gasteiger partial charge < -0.3 is 9.30 Å². The number of ether oxygens (including phenoxy) is 1. The highest BCUT2D eigenvalue weighted by atomic mass is 32.2. The lowest BCUT2D eigenvalue weighted by atomic mass is 10.0. The number of sulfone groups is 1. The van der Waals surface area contributed by atoms with Gasteiger partial charge in [-0.15, -0.1) is 0 Å². The number of rotatable bonds is 4. The first-order valence-electron chi connectivity index (χ1n) is 7.84. The van der Waals surface area contributed by atoms with Crippen LogP contribution in [0.4, 0.5) is 0 Å². The lowest BCUT2D eigenvalue weighted by Gasteiger charge is -2.12. The molecule has 0 atom stereocenters. The van der Waals surface area contributed by atoms with E-state index >= 15 is 0 Å². The van der Waals surface area contributed by atoms with E-state index in [2.05, 4.69) is 0 Å². The Labute approximate surface area is 142 Å². The largest absolute Gasteiger partial charge is 0.497 e. The standard InChI is InChI=1S/C19H21NO3S/c1-13(2)18-16-7-5-6-8-17(16)20(3)19(18)24(21,22)15-11-9-14(23-4)10-12-15/h5-13H,1-4H3. The highest BCUT2D eigenvalue weighted by Gasteiger charge is 2.29. The van der Waals surface area contributed by atoms with Gasteiger partial charge in [-0.05, 0) is 41.8 Å². The number of methoxy groups -OCH3 is 1. The zero-order valence-corrected chi connectivity index (χ0v) is 15.1. The van der Waals surface area contributed by atoms with E-state index in [1.807, 2.05) is 45.2 Å². The first kappa shape index (κ1) is 16.6. The van der Waals surface area contributed by atoms with Crippen molar-refractivity contribution in [3.05, 3.63) is 54.1 Å². The first-order valence-corrected chi connectivity index (χ1v) is 9.32. The monoisotopic (exact) mass is 343 g/mol. The van der Waals surface area contributed by atoms with Crippen LogP contribution >= 0.6 is 0 Å². The number of fused-ring (bicyclic) bond motifs is 1.